The number of hydrogen-bond donors (Lipinski definition) is 1. The van der Waals surface area contributed by atoms with Crippen LogP contribution in [0.4, 0.5) is 0 Å². The zero-order valence-electron chi connectivity index (χ0n) is 13.7. The van der Waals surface area contributed by atoms with Crippen LogP contribution in [0.15, 0.2) is 35.7 Å². The molecule has 1 aliphatic heterocycles. The Morgan fingerprint density at radius 1 is 1.30 bits per heavy atom. The van der Waals surface area contributed by atoms with Gasteiger partial charge in [0, 0.05) is 37.1 Å². The Labute approximate surface area is 142 Å². The lowest BCUT2D eigenvalue weighted by Gasteiger charge is -2.31. The first-order valence-electron chi connectivity index (χ1n) is 8.02. The van der Waals surface area contributed by atoms with Crippen molar-refractivity contribution in [2.24, 2.45) is 0 Å². The Hall–Kier alpha value is -1.56. The third kappa shape index (κ3) is 4.47. The van der Waals surface area contributed by atoms with Gasteiger partial charge in [0.1, 0.15) is 6.61 Å². The number of nitrogens with zero attached hydrogens (tertiary/aromatic N) is 1. The molecule has 5 heteroatoms. The van der Waals surface area contributed by atoms with Gasteiger partial charge in [-0.1, -0.05) is 12.1 Å². The molecule has 1 atom stereocenters. The summed E-state index contributed by atoms with van der Waals surface area (Å²) in [5.41, 5.74) is 1.26. The molecule has 0 saturated carbocycles. The molecule has 1 aromatic carbocycles. The van der Waals surface area contributed by atoms with E-state index in [0.717, 1.165) is 37.7 Å². The Kier molecular flexibility index (Phi) is 5.54. The first-order chi connectivity index (χ1) is 11.2. The summed E-state index contributed by atoms with van der Waals surface area (Å²) < 4.78 is 11.4. The average Bonchev–Trinajstić information content (AvgIpc) is 3.07. The standard InChI is InChI=1S/C18H24N2O2S/c1-14-11-20(8-7-19-14)12-15-5-6-17(18(10-15)21-2)22-13-16-4-3-9-23-16/h3-6,9-10,14,19H,7-8,11-13H2,1-2H3/t14-/m0/s1. The second-order valence-electron chi connectivity index (χ2n) is 5.94. The number of rotatable bonds is 6. The van der Waals surface area contributed by atoms with Crippen LogP contribution in [0.2, 0.25) is 0 Å². The molecule has 23 heavy (non-hydrogen) atoms. The van der Waals surface area contributed by atoms with E-state index in [1.165, 1.54) is 10.4 Å². The lowest BCUT2D eigenvalue weighted by atomic mass is 10.1. The van der Waals surface area contributed by atoms with Crippen molar-refractivity contribution in [1.29, 1.82) is 0 Å². The molecule has 2 aromatic rings. The first-order valence-corrected chi connectivity index (χ1v) is 8.90. The van der Waals surface area contributed by atoms with Crippen LogP contribution in [0.3, 0.4) is 0 Å². The van der Waals surface area contributed by atoms with Gasteiger partial charge in [-0.15, -0.1) is 11.3 Å². The van der Waals surface area contributed by atoms with Crippen LogP contribution in [0.25, 0.3) is 0 Å². The highest BCUT2D eigenvalue weighted by atomic mass is 32.1. The highest BCUT2D eigenvalue weighted by Crippen LogP contribution is 2.29. The number of ether oxygens (including phenoxy) is 2. The Balaban J connectivity index is 1.64. The number of nitrogens with one attached hydrogen (secondary N) is 1. The minimum Gasteiger partial charge on any atom is -0.493 e. The summed E-state index contributed by atoms with van der Waals surface area (Å²) >= 11 is 1.70. The minimum absolute atomic E-state index is 0.555. The quantitative estimate of drug-likeness (QED) is 0.881. The monoisotopic (exact) mass is 332 g/mol. The Bertz CT molecular complexity index is 615. The van der Waals surface area contributed by atoms with Crippen LogP contribution < -0.4 is 14.8 Å². The Morgan fingerprint density at radius 2 is 2.22 bits per heavy atom. The second kappa shape index (κ2) is 7.81. The molecule has 0 aliphatic carbocycles. The van der Waals surface area contributed by atoms with Crippen molar-refractivity contribution in [3.63, 3.8) is 0 Å². The lowest BCUT2D eigenvalue weighted by Crippen LogP contribution is -2.48. The number of benzene rings is 1. The van der Waals surface area contributed by atoms with Crippen LogP contribution in [-0.4, -0.2) is 37.7 Å². The fourth-order valence-electron chi connectivity index (χ4n) is 2.89. The summed E-state index contributed by atoms with van der Waals surface area (Å²) in [5.74, 6) is 1.61. The topological polar surface area (TPSA) is 33.7 Å². The molecule has 2 heterocycles. The maximum absolute atomic E-state index is 5.90. The van der Waals surface area contributed by atoms with Crippen molar-refractivity contribution in [3.8, 4) is 11.5 Å². The van der Waals surface area contributed by atoms with Gasteiger partial charge in [0.15, 0.2) is 11.5 Å². The Morgan fingerprint density at radius 3 is 2.96 bits per heavy atom. The summed E-state index contributed by atoms with van der Waals surface area (Å²) in [4.78, 5) is 3.69. The molecule has 0 radical (unpaired) electrons. The molecule has 0 unspecified atom stereocenters. The van der Waals surface area contributed by atoms with Crippen molar-refractivity contribution in [3.05, 3.63) is 46.2 Å². The minimum atomic E-state index is 0.555. The van der Waals surface area contributed by atoms with Crippen molar-refractivity contribution in [2.45, 2.75) is 26.1 Å². The summed E-state index contributed by atoms with van der Waals surface area (Å²) in [6, 6.07) is 10.9. The third-order valence-electron chi connectivity index (χ3n) is 4.04. The molecular weight excluding hydrogens is 308 g/mol. The maximum atomic E-state index is 5.90. The van der Waals surface area contributed by atoms with Gasteiger partial charge in [-0.3, -0.25) is 4.90 Å². The highest BCUT2D eigenvalue weighted by molar-refractivity contribution is 7.09. The van der Waals surface area contributed by atoms with Gasteiger partial charge in [-0.05, 0) is 36.1 Å². The molecule has 1 fully saturated rings. The van der Waals surface area contributed by atoms with Crippen molar-refractivity contribution >= 4 is 11.3 Å². The summed E-state index contributed by atoms with van der Waals surface area (Å²) in [7, 11) is 1.70. The van der Waals surface area contributed by atoms with E-state index in [1.54, 1.807) is 18.4 Å². The fourth-order valence-corrected chi connectivity index (χ4v) is 3.50. The summed E-state index contributed by atoms with van der Waals surface area (Å²) in [6.07, 6.45) is 0. The van der Waals surface area contributed by atoms with E-state index in [1.807, 2.05) is 12.1 Å². The molecule has 1 saturated heterocycles. The molecule has 3 rings (SSSR count). The molecule has 1 N–H and O–H groups in total. The highest BCUT2D eigenvalue weighted by Gasteiger charge is 2.16. The number of piperazine rings is 1. The number of hydrogen-bond acceptors (Lipinski definition) is 5. The SMILES string of the molecule is COc1cc(CN2CCN[C@@H](C)C2)ccc1OCc1cccs1. The van der Waals surface area contributed by atoms with Gasteiger partial charge < -0.3 is 14.8 Å². The normalized spacial score (nSPS) is 18.8. The van der Waals surface area contributed by atoms with E-state index >= 15 is 0 Å². The zero-order valence-corrected chi connectivity index (χ0v) is 14.6. The van der Waals surface area contributed by atoms with Crippen molar-refractivity contribution < 1.29 is 9.47 Å². The van der Waals surface area contributed by atoms with Crippen molar-refractivity contribution in [1.82, 2.24) is 10.2 Å². The molecule has 4 nitrogen and oxygen atoms in total. The van der Waals surface area contributed by atoms with Gasteiger partial charge >= 0.3 is 0 Å². The van der Waals surface area contributed by atoms with E-state index in [4.69, 9.17) is 9.47 Å². The van der Waals surface area contributed by atoms with Gasteiger partial charge in [0.25, 0.3) is 0 Å². The van der Waals surface area contributed by atoms with Gasteiger partial charge in [0.2, 0.25) is 0 Å². The van der Waals surface area contributed by atoms with E-state index in [-0.39, 0.29) is 0 Å². The van der Waals surface area contributed by atoms with Gasteiger partial charge in [-0.25, -0.2) is 0 Å². The largest absolute Gasteiger partial charge is 0.493 e. The molecule has 1 aromatic heterocycles. The van der Waals surface area contributed by atoms with E-state index in [0.29, 0.717) is 12.6 Å². The molecule has 124 valence electrons. The zero-order chi connectivity index (χ0) is 16.1. The molecule has 0 amide bonds. The maximum Gasteiger partial charge on any atom is 0.161 e. The molecular formula is C18H24N2O2S. The third-order valence-corrected chi connectivity index (χ3v) is 4.89. The fraction of sp³-hybridized carbons (Fsp3) is 0.444. The summed E-state index contributed by atoms with van der Waals surface area (Å²) in [6.45, 7) is 6.99. The lowest BCUT2D eigenvalue weighted by molar-refractivity contribution is 0.199. The average molecular weight is 332 g/mol. The molecule has 0 spiro atoms. The van der Waals surface area contributed by atoms with Crippen LogP contribution >= 0.6 is 11.3 Å². The van der Waals surface area contributed by atoms with Crippen LogP contribution in [0, 0.1) is 0 Å². The number of thiophene rings is 1. The predicted molar refractivity (Wildman–Crippen MR) is 94.4 cm³/mol. The predicted octanol–water partition coefficient (Wildman–Crippen LogP) is 3.13. The van der Waals surface area contributed by atoms with Gasteiger partial charge in [-0.2, -0.15) is 0 Å². The smallest absolute Gasteiger partial charge is 0.161 e. The van der Waals surface area contributed by atoms with E-state index in [9.17, 15) is 0 Å². The van der Waals surface area contributed by atoms with Crippen LogP contribution in [0.1, 0.15) is 17.4 Å². The van der Waals surface area contributed by atoms with Crippen LogP contribution in [0.5, 0.6) is 11.5 Å². The molecule has 1 aliphatic rings. The van der Waals surface area contributed by atoms with Crippen molar-refractivity contribution in [2.75, 3.05) is 26.7 Å². The van der Waals surface area contributed by atoms with Gasteiger partial charge in [0.05, 0.1) is 7.11 Å². The molecule has 0 bridgehead atoms. The number of methoxy groups -OCH3 is 1. The summed E-state index contributed by atoms with van der Waals surface area (Å²) in [5, 5.41) is 5.54. The first kappa shape index (κ1) is 16.3. The second-order valence-corrected chi connectivity index (χ2v) is 6.98. The van der Waals surface area contributed by atoms with E-state index < -0.39 is 0 Å². The van der Waals surface area contributed by atoms with Crippen LogP contribution in [-0.2, 0) is 13.2 Å². The van der Waals surface area contributed by atoms with E-state index in [2.05, 4.69) is 40.7 Å².